The lowest BCUT2D eigenvalue weighted by Crippen LogP contribution is -2.27. The van der Waals surface area contributed by atoms with Gasteiger partial charge in [0.2, 0.25) is 11.9 Å². The molecule has 2 aromatic rings. The number of amides is 1. The van der Waals surface area contributed by atoms with Crippen molar-refractivity contribution in [2.45, 2.75) is 6.42 Å². The van der Waals surface area contributed by atoms with Gasteiger partial charge in [0.1, 0.15) is 11.6 Å². The Morgan fingerprint density at radius 1 is 1.45 bits per heavy atom. The van der Waals surface area contributed by atoms with Crippen LogP contribution >= 0.6 is 15.9 Å². The summed E-state index contributed by atoms with van der Waals surface area (Å²) in [5.41, 5.74) is 6.20. The second-order valence-corrected chi connectivity index (χ2v) is 5.42. The Bertz CT molecular complexity index is 693. The maximum Gasteiger partial charge on any atom is 0.234 e. The normalized spacial score (nSPS) is 19.0. The predicted molar refractivity (Wildman–Crippen MR) is 78.2 cm³/mol. The predicted octanol–water partition coefficient (Wildman–Crippen LogP) is 2.10. The first-order valence-electron chi connectivity index (χ1n) is 6.18. The van der Waals surface area contributed by atoms with Crippen LogP contribution in [0.2, 0.25) is 0 Å². The van der Waals surface area contributed by atoms with Crippen LogP contribution in [0.1, 0.15) is 6.42 Å². The molecule has 5 nitrogen and oxygen atoms in total. The number of fused-ring (bicyclic) bond motifs is 1. The van der Waals surface area contributed by atoms with Gasteiger partial charge >= 0.3 is 0 Å². The minimum absolute atomic E-state index is 0.0374. The number of nitrogens with zero attached hydrogens (tertiary/aromatic N) is 3. The number of anilines is 2. The second-order valence-electron chi connectivity index (χ2n) is 4.77. The third-order valence-corrected chi connectivity index (χ3v) is 4.27. The molecule has 20 heavy (non-hydrogen) atoms. The highest BCUT2D eigenvalue weighted by Gasteiger charge is 2.32. The third kappa shape index (κ3) is 2.11. The number of benzene rings is 1. The zero-order valence-corrected chi connectivity index (χ0v) is 12.1. The second kappa shape index (κ2) is 4.97. The summed E-state index contributed by atoms with van der Waals surface area (Å²) in [6.07, 6.45) is 0.454. The van der Waals surface area contributed by atoms with E-state index in [2.05, 4.69) is 25.9 Å². The molecule has 0 saturated carbocycles. The van der Waals surface area contributed by atoms with Crippen LogP contribution in [0.25, 0.3) is 10.9 Å². The van der Waals surface area contributed by atoms with Crippen molar-refractivity contribution in [1.29, 1.82) is 0 Å². The molecule has 2 N–H and O–H groups in total. The van der Waals surface area contributed by atoms with Gasteiger partial charge in [-0.15, -0.1) is 0 Å². The van der Waals surface area contributed by atoms with Gasteiger partial charge in [-0.05, 0) is 18.1 Å². The standard InChI is InChI=1S/C13H12BrFN4O/c14-5-7-4-10(20)19(6-7)13-17-9-3-1-2-8(15)11(9)12(16)18-13/h1-3,7H,4-6H2,(H2,16,17,18). The van der Waals surface area contributed by atoms with Gasteiger partial charge in [-0.3, -0.25) is 9.69 Å². The fourth-order valence-corrected chi connectivity index (χ4v) is 2.79. The van der Waals surface area contributed by atoms with Crippen LogP contribution in [-0.4, -0.2) is 27.7 Å². The van der Waals surface area contributed by atoms with E-state index in [0.29, 0.717) is 18.5 Å². The summed E-state index contributed by atoms with van der Waals surface area (Å²) in [5.74, 6) is 0.0324. The van der Waals surface area contributed by atoms with Gasteiger partial charge in [0.05, 0.1) is 10.9 Å². The van der Waals surface area contributed by atoms with E-state index in [9.17, 15) is 9.18 Å². The van der Waals surface area contributed by atoms with E-state index in [1.54, 1.807) is 12.1 Å². The van der Waals surface area contributed by atoms with Gasteiger partial charge in [0.25, 0.3) is 0 Å². The molecule has 0 aliphatic carbocycles. The molecule has 0 radical (unpaired) electrons. The number of carbonyl (C=O) groups excluding carboxylic acids is 1. The minimum atomic E-state index is -0.461. The highest BCUT2D eigenvalue weighted by molar-refractivity contribution is 9.09. The fourth-order valence-electron chi connectivity index (χ4n) is 2.35. The number of rotatable bonds is 2. The van der Waals surface area contributed by atoms with Crippen molar-refractivity contribution in [2.75, 3.05) is 22.5 Å². The first-order chi connectivity index (χ1) is 9.60. The van der Waals surface area contributed by atoms with Crippen LogP contribution in [0, 0.1) is 11.7 Å². The number of hydrogen-bond acceptors (Lipinski definition) is 4. The summed E-state index contributed by atoms with van der Waals surface area (Å²) in [6.45, 7) is 0.546. The average molecular weight is 339 g/mol. The van der Waals surface area contributed by atoms with Crippen molar-refractivity contribution < 1.29 is 9.18 Å². The van der Waals surface area contributed by atoms with E-state index >= 15 is 0 Å². The third-order valence-electron chi connectivity index (χ3n) is 3.35. The summed E-state index contributed by atoms with van der Waals surface area (Å²) in [6, 6.07) is 4.52. The lowest BCUT2D eigenvalue weighted by atomic mass is 10.2. The highest BCUT2D eigenvalue weighted by atomic mass is 79.9. The lowest BCUT2D eigenvalue weighted by Gasteiger charge is -2.15. The number of halogens is 2. The minimum Gasteiger partial charge on any atom is -0.383 e. The van der Waals surface area contributed by atoms with E-state index in [1.165, 1.54) is 11.0 Å². The van der Waals surface area contributed by atoms with Gasteiger partial charge in [0.15, 0.2) is 0 Å². The Morgan fingerprint density at radius 3 is 2.95 bits per heavy atom. The smallest absolute Gasteiger partial charge is 0.234 e. The Labute approximate surface area is 123 Å². The Hall–Kier alpha value is -1.76. The van der Waals surface area contributed by atoms with Crippen molar-refractivity contribution in [3.63, 3.8) is 0 Å². The number of nitrogen functional groups attached to an aromatic ring is 1. The molecule has 2 heterocycles. The quantitative estimate of drug-likeness (QED) is 0.851. The van der Waals surface area contributed by atoms with Crippen molar-refractivity contribution in [3.05, 3.63) is 24.0 Å². The SMILES string of the molecule is Nc1nc(N2CC(CBr)CC2=O)nc2cccc(F)c12. The largest absolute Gasteiger partial charge is 0.383 e. The molecule has 3 rings (SSSR count). The summed E-state index contributed by atoms with van der Waals surface area (Å²) < 4.78 is 13.7. The molecular weight excluding hydrogens is 327 g/mol. The Kier molecular flexibility index (Phi) is 3.29. The fraction of sp³-hybridized carbons (Fsp3) is 0.308. The van der Waals surface area contributed by atoms with Gasteiger partial charge in [-0.25, -0.2) is 9.37 Å². The van der Waals surface area contributed by atoms with Crippen LogP contribution < -0.4 is 10.6 Å². The summed E-state index contributed by atoms with van der Waals surface area (Å²) in [5, 5.41) is 0.937. The van der Waals surface area contributed by atoms with Gasteiger partial charge in [0, 0.05) is 18.3 Å². The zero-order valence-electron chi connectivity index (χ0n) is 10.5. The molecule has 1 aliphatic rings. The Balaban J connectivity index is 2.08. The summed E-state index contributed by atoms with van der Waals surface area (Å²) in [7, 11) is 0. The monoisotopic (exact) mass is 338 g/mol. The summed E-state index contributed by atoms with van der Waals surface area (Å²) >= 11 is 3.37. The maximum absolute atomic E-state index is 13.7. The molecular formula is C13H12BrFN4O. The van der Waals surface area contributed by atoms with Crippen LogP contribution in [0.3, 0.4) is 0 Å². The highest BCUT2D eigenvalue weighted by Crippen LogP contribution is 2.28. The number of nitrogens with two attached hydrogens (primary N) is 1. The molecule has 1 aliphatic heterocycles. The van der Waals surface area contributed by atoms with E-state index in [1.807, 2.05) is 0 Å². The number of carbonyl (C=O) groups is 1. The van der Waals surface area contributed by atoms with Crippen LogP contribution in [0.5, 0.6) is 0 Å². The van der Waals surface area contributed by atoms with Crippen molar-refractivity contribution >= 4 is 44.5 Å². The van der Waals surface area contributed by atoms with Crippen LogP contribution in [0.4, 0.5) is 16.2 Å². The molecule has 1 saturated heterocycles. The van der Waals surface area contributed by atoms with E-state index in [4.69, 9.17) is 5.73 Å². The molecule has 0 bridgehead atoms. The first kappa shape index (κ1) is 13.2. The van der Waals surface area contributed by atoms with Crippen molar-refractivity contribution in [3.8, 4) is 0 Å². The van der Waals surface area contributed by atoms with E-state index < -0.39 is 5.82 Å². The molecule has 1 amide bonds. The molecule has 7 heteroatoms. The molecule has 1 unspecified atom stereocenters. The van der Waals surface area contributed by atoms with Gasteiger partial charge in [-0.2, -0.15) is 4.98 Å². The Morgan fingerprint density at radius 2 is 2.25 bits per heavy atom. The van der Waals surface area contributed by atoms with Crippen molar-refractivity contribution in [1.82, 2.24) is 9.97 Å². The van der Waals surface area contributed by atoms with Gasteiger partial charge < -0.3 is 5.73 Å². The average Bonchev–Trinajstić information content (AvgIpc) is 2.79. The number of hydrogen-bond donors (Lipinski definition) is 1. The molecule has 1 fully saturated rings. The molecule has 1 aromatic heterocycles. The maximum atomic E-state index is 13.7. The lowest BCUT2D eigenvalue weighted by molar-refractivity contribution is -0.117. The van der Waals surface area contributed by atoms with E-state index in [-0.39, 0.29) is 29.0 Å². The summed E-state index contributed by atoms with van der Waals surface area (Å²) in [4.78, 5) is 21.8. The van der Waals surface area contributed by atoms with Crippen molar-refractivity contribution in [2.24, 2.45) is 5.92 Å². The first-order valence-corrected chi connectivity index (χ1v) is 7.30. The molecule has 1 aromatic carbocycles. The van der Waals surface area contributed by atoms with Crippen LogP contribution in [-0.2, 0) is 4.79 Å². The van der Waals surface area contributed by atoms with E-state index in [0.717, 1.165) is 5.33 Å². The van der Waals surface area contributed by atoms with Gasteiger partial charge in [-0.1, -0.05) is 22.0 Å². The molecule has 0 spiro atoms. The topological polar surface area (TPSA) is 72.1 Å². The molecule has 1 atom stereocenters. The number of aromatic nitrogens is 2. The number of alkyl halides is 1. The molecule has 104 valence electrons. The zero-order chi connectivity index (χ0) is 14.3. The van der Waals surface area contributed by atoms with Crippen LogP contribution in [0.15, 0.2) is 18.2 Å².